The number of amides is 2. The molecule has 2 aromatic carbocycles. The first kappa shape index (κ1) is 22.5. The van der Waals surface area contributed by atoms with Crippen LogP contribution in [0.5, 0.6) is 0 Å². The molecule has 7 nitrogen and oxygen atoms in total. The number of ether oxygens (including phenoxy) is 1. The SMILES string of the molecule is O=C(NC(Cc1ccccc1)C(=O)Nc1ccc2nc(N3CCOCC3)sc2c1)c1cccs1. The quantitative estimate of drug-likeness (QED) is 0.405. The molecule has 0 radical (unpaired) electrons. The van der Waals surface area contributed by atoms with Crippen molar-refractivity contribution in [2.75, 3.05) is 36.5 Å². The van der Waals surface area contributed by atoms with Crippen molar-refractivity contribution in [3.8, 4) is 0 Å². The minimum Gasteiger partial charge on any atom is -0.378 e. The van der Waals surface area contributed by atoms with E-state index in [0.717, 1.165) is 34.0 Å². The van der Waals surface area contributed by atoms with Gasteiger partial charge in [-0.05, 0) is 35.2 Å². The maximum absolute atomic E-state index is 13.3. The Hall–Kier alpha value is -3.27. The fourth-order valence-electron chi connectivity index (χ4n) is 3.81. The summed E-state index contributed by atoms with van der Waals surface area (Å²) >= 11 is 2.95. The van der Waals surface area contributed by atoms with Gasteiger partial charge in [0.2, 0.25) is 5.91 Å². The number of fused-ring (bicyclic) bond motifs is 1. The van der Waals surface area contributed by atoms with Gasteiger partial charge in [-0.2, -0.15) is 0 Å². The maximum atomic E-state index is 13.3. The number of hydrogen-bond acceptors (Lipinski definition) is 7. The van der Waals surface area contributed by atoms with Crippen LogP contribution in [0.1, 0.15) is 15.2 Å². The molecule has 2 amide bonds. The normalized spacial score (nSPS) is 14.6. The average Bonchev–Trinajstić information content (AvgIpc) is 3.55. The molecule has 0 spiro atoms. The van der Waals surface area contributed by atoms with Crippen molar-refractivity contribution < 1.29 is 14.3 Å². The Balaban J connectivity index is 1.33. The molecule has 0 aliphatic carbocycles. The van der Waals surface area contributed by atoms with Crippen LogP contribution >= 0.6 is 22.7 Å². The number of thiophene rings is 1. The van der Waals surface area contributed by atoms with Gasteiger partial charge in [0.25, 0.3) is 5.91 Å². The zero-order chi connectivity index (χ0) is 23.3. The van der Waals surface area contributed by atoms with Crippen LogP contribution in [0.4, 0.5) is 10.8 Å². The zero-order valence-electron chi connectivity index (χ0n) is 18.4. The molecule has 1 atom stereocenters. The first-order valence-corrected chi connectivity index (χ1v) is 12.8. The Morgan fingerprint density at radius 2 is 1.88 bits per heavy atom. The molecule has 2 N–H and O–H groups in total. The number of nitrogens with zero attached hydrogens (tertiary/aromatic N) is 2. The van der Waals surface area contributed by atoms with E-state index in [1.165, 1.54) is 11.3 Å². The van der Waals surface area contributed by atoms with Crippen LogP contribution in [-0.2, 0) is 16.0 Å². The number of carbonyl (C=O) groups excluding carboxylic acids is 2. The molecule has 1 aliphatic rings. The summed E-state index contributed by atoms with van der Waals surface area (Å²) in [4.78, 5) is 33.5. The molecule has 0 saturated carbocycles. The first-order chi connectivity index (χ1) is 16.7. The summed E-state index contributed by atoms with van der Waals surface area (Å²) in [6.45, 7) is 3.07. The molecule has 1 fully saturated rings. The second-order valence-corrected chi connectivity index (χ2v) is 9.92. The number of hydrogen-bond donors (Lipinski definition) is 2. The van der Waals surface area contributed by atoms with E-state index in [1.54, 1.807) is 17.4 Å². The van der Waals surface area contributed by atoms with Crippen LogP contribution in [-0.4, -0.2) is 49.1 Å². The second kappa shape index (κ2) is 10.3. The van der Waals surface area contributed by atoms with Gasteiger partial charge in [0.05, 0.1) is 28.3 Å². The van der Waals surface area contributed by atoms with E-state index in [-0.39, 0.29) is 11.8 Å². The highest BCUT2D eigenvalue weighted by molar-refractivity contribution is 7.22. The summed E-state index contributed by atoms with van der Waals surface area (Å²) in [5.41, 5.74) is 2.55. The minimum absolute atomic E-state index is 0.251. The Morgan fingerprint density at radius 3 is 2.65 bits per heavy atom. The highest BCUT2D eigenvalue weighted by Crippen LogP contribution is 2.31. The van der Waals surface area contributed by atoms with Crippen LogP contribution in [0.3, 0.4) is 0 Å². The van der Waals surface area contributed by atoms with E-state index in [1.807, 2.05) is 60.0 Å². The Morgan fingerprint density at radius 1 is 1.06 bits per heavy atom. The molecule has 1 saturated heterocycles. The lowest BCUT2D eigenvalue weighted by Gasteiger charge is -2.25. The van der Waals surface area contributed by atoms with Crippen molar-refractivity contribution >= 4 is 55.5 Å². The van der Waals surface area contributed by atoms with Crippen LogP contribution in [0.15, 0.2) is 66.0 Å². The summed E-state index contributed by atoms with van der Waals surface area (Å²) in [7, 11) is 0. The minimum atomic E-state index is -0.710. The fourth-order valence-corrected chi connectivity index (χ4v) is 5.49. The second-order valence-electron chi connectivity index (χ2n) is 7.96. The standard InChI is InChI=1S/C25H24N4O3S2/c30-23(20(15-17-5-2-1-3-6-17)27-24(31)21-7-4-14-33-21)26-18-8-9-19-22(16-18)34-25(28-19)29-10-12-32-13-11-29/h1-9,14,16,20H,10-13,15H2,(H,26,30)(H,27,31). The molecule has 2 aromatic heterocycles. The molecular weight excluding hydrogens is 468 g/mol. The number of aromatic nitrogens is 1. The third-order valence-corrected chi connectivity index (χ3v) is 7.52. The molecule has 0 bridgehead atoms. The number of anilines is 2. The number of nitrogens with one attached hydrogen (secondary N) is 2. The predicted octanol–water partition coefficient (Wildman–Crippen LogP) is 4.17. The highest BCUT2D eigenvalue weighted by atomic mass is 32.1. The molecule has 1 aliphatic heterocycles. The molecule has 3 heterocycles. The van der Waals surface area contributed by atoms with Crippen molar-refractivity contribution in [3.63, 3.8) is 0 Å². The number of benzene rings is 2. The molecular formula is C25H24N4O3S2. The van der Waals surface area contributed by atoms with E-state index in [9.17, 15) is 9.59 Å². The number of rotatable bonds is 7. The van der Waals surface area contributed by atoms with Crippen molar-refractivity contribution in [3.05, 3.63) is 76.5 Å². The fraction of sp³-hybridized carbons (Fsp3) is 0.240. The Kier molecular flexibility index (Phi) is 6.84. The summed E-state index contributed by atoms with van der Waals surface area (Å²) < 4.78 is 6.43. The summed E-state index contributed by atoms with van der Waals surface area (Å²) in [6.07, 6.45) is 0.397. The Bertz CT molecular complexity index is 1270. The Labute approximate surface area is 205 Å². The topological polar surface area (TPSA) is 83.6 Å². The van der Waals surface area contributed by atoms with Gasteiger partial charge in [0.15, 0.2) is 5.13 Å². The summed E-state index contributed by atoms with van der Waals surface area (Å²) in [5.74, 6) is -0.509. The van der Waals surface area contributed by atoms with Gasteiger partial charge in [-0.25, -0.2) is 4.98 Å². The molecule has 4 aromatic rings. The lowest BCUT2D eigenvalue weighted by Crippen LogP contribution is -2.45. The smallest absolute Gasteiger partial charge is 0.262 e. The van der Waals surface area contributed by atoms with Crippen LogP contribution in [0.2, 0.25) is 0 Å². The first-order valence-electron chi connectivity index (χ1n) is 11.1. The lowest BCUT2D eigenvalue weighted by atomic mass is 10.0. The molecule has 9 heteroatoms. The largest absolute Gasteiger partial charge is 0.378 e. The lowest BCUT2D eigenvalue weighted by molar-refractivity contribution is -0.118. The van der Waals surface area contributed by atoms with Crippen LogP contribution in [0, 0.1) is 0 Å². The third kappa shape index (κ3) is 5.27. The molecule has 174 valence electrons. The van der Waals surface area contributed by atoms with E-state index >= 15 is 0 Å². The van der Waals surface area contributed by atoms with E-state index < -0.39 is 6.04 Å². The van der Waals surface area contributed by atoms with Gasteiger partial charge in [0, 0.05) is 25.2 Å². The van der Waals surface area contributed by atoms with E-state index in [4.69, 9.17) is 9.72 Å². The molecule has 34 heavy (non-hydrogen) atoms. The van der Waals surface area contributed by atoms with E-state index in [2.05, 4.69) is 15.5 Å². The molecule has 1 unspecified atom stereocenters. The van der Waals surface area contributed by atoms with Gasteiger partial charge in [-0.3, -0.25) is 9.59 Å². The molecule has 5 rings (SSSR count). The van der Waals surface area contributed by atoms with Crippen LogP contribution < -0.4 is 15.5 Å². The van der Waals surface area contributed by atoms with Crippen LogP contribution in [0.25, 0.3) is 10.2 Å². The highest BCUT2D eigenvalue weighted by Gasteiger charge is 2.23. The monoisotopic (exact) mass is 492 g/mol. The van der Waals surface area contributed by atoms with E-state index in [0.29, 0.717) is 30.2 Å². The maximum Gasteiger partial charge on any atom is 0.262 e. The number of morpholine rings is 1. The number of thiazole rings is 1. The van der Waals surface area contributed by atoms with Gasteiger partial charge in [-0.15, -0.1) is 11.3 Å². The predicted molar refractivity (Wildman–Crippen MR) is 137 cm³/mol. The van der Waals surface area contributed by atoms with Crippen molar-refractivity contribution in [1.29, 1.82) is 0 Å². The number of carbonyl (C=O) groups is 2. The van der Waals surface area contributed by atoms with Gasteiger partial charge < -0.3 is 20.3 Å². The van der Waals surface area contributed by atoms with Gasteiger partial charge >= 0.3 is 0 Å². The third-order valence-electron chi connectivity index (χ3n) is 5.58. The van der Waals surface area contributed by atoms with Gasteiger partial charge in [0.1, 0.15) is 6.04 Å². The summed E-state index contributed by atoms with van der Waals surface area (Å²) in [6, 6.07) is 18.3. The average molecular weight is 493 g/mol. The van der Waals surface area contributed by atoms with Crippen molar-refractivity contribution in [2.24, 2.45) is 0 Å². The summed E-state index contributed by atoms with van der Waals surface area (Å²) in [5, 5.41) is 8.70. The zero-order valence-corrected chi connectivity index (χ0v) is 20.0. The van der Waals surface area contributed by atoms with Gasteiger partial charge in [-0.1, -0.05) is 47.7 Å². The van der Waals surface area contributed by atoms with Crippen molar-refractivity contribution in [1.82, 2.24) is 10.3 Å². The van der Waals surface area contributed by atoms with Crippen molar-refractivity contribution in [2.45, 2.75) is 12.5 Å².